The van der Waals surface area contributed by atoms with Crippen LogP contribution in [-0.2, 0) is 4.74 Å². The van der Waals surface area contributed by atoms with E-state index in [9.17, 15) is 4.39 Å². The fourth-order valence-corrected chi connectivity index (χ4v) is 1.44. The van der Waals surface area contributed by atoms with Gasteiger partial charge in [0.1, 0.15) is 6.67 Å². The van der Waals surface area contributed by atoms with Crippen molar-refractivity contribution in [3.05, 3.63) is 21.7 Å². The van der Waals surface area contributed by atoms with Gasteiger partial charge in [-0.15, -0.1) is 6.42 Å². The van der Waals surface area contributed by atoms with Gasteiger partial charge in [0.25, 0.3) is 0 Å². The number of hydrogen-bond donors (Lipinski definition) is 0. The van der Waals surface area contributed by atoms with Gasteiger partial charge in [-0.2, -0.15) is 0 Å². The van der Waals surface area contributed by atoms with Gasteiger partial charge < -0.3 is 4.74 Å². The highest BCUT2D eigenvalue weighted by atomic mass is 79.9. The number of alkyl halides is 1. The summed E-state index contributed by atoms with van der Waals surface area (Å²) in [5.41, 5.74) is 1.83. The molecular weight excluding hydrogens is 247 g/mol. The van der Waals surface area contributed by atoms with E-state index in [1.807, 2.05) is 19.9 Å². The number of rotatable bonds is 5. The van der Waals surface area contributed by atoms with E-state index < -0.39 is 6.67 Å². The van der Waals surface area contributed by atoms with Crippen molar-refractivity contribution in [3.8, 4) is 12.3 Å². The quantitative estimate of drug-likeness (QED) is 0.419. The van der Waals surface area contributed by atoms with Gasteiger partial charge in [0.15, 0.2) is 0 Å². The molecule has 0 unspecified atom stereocenters. The van der Waals surface area contributed by atoms with Crippen molar-refractivity contribution in [2.24, 2.45) is 0 Å². The van der Waals surface area contributed by atoms with Gasteiger partial charge in [0.05, 0.1) is 13.2 Å². The zero-order valence-electron chi connectivity index (χ0n) is 8.44. The summed E-state index contributed by atoms with van der Waals surface area (Å²) < 4.78 is 17.6. The Bertz CT molecular complexity index is 270. The molecule has 14 heavy (non-hydrogen) atoms. The van der Waals surface area contributed by atoms with Gasteiger partial charge in [-0.1, -0.05) is 11.5 Å². The van der Waals surface area contributed by atoms with Gasteiger partial charge >= 0.3 is 0 Å². The molecule has 78 valence electrons. The van der Waals surface area contributed by atoms with Crippen LogP contribution in [0.3, 0.4) is 0 Å². The number of allylic oxidation sites excluding steroid dienone is 3. The van der Waals surface area contributed by atoms with E-state index in [0.29, 0.717) is 5.57 Å². The summed E-state index contributed by atoms with van der Waals surface area (Å²) in [7, 11) is 0. The summed E-state index contributed by atoms with van der Waals surface area (Å²) in [6.07, 6.45) is 7.20. The van der Waals surface area contributed by atoms with Crippen LogP contribution in [0.15, 0.2) is 21.7 Å². The lowest BCUT2D eigenvalue weighted by Crippen LogP contribution is -2.01. The van der Waals surface area contributed by atoms with Crippen LogP contribution in [0.25, 0.3) is 0 Å². The second kappa shape index (κ2) is 7.78. The molecule has 0 saturated heterocycles. The van der Waals surface area contributed by atoms with Crippen molar-refractivity contribution in [1.29, 1.82) is 0 Å². The van der Waals surface area contributed by atoms with Crippen LogP contribution in [0.5, 0.6) is 0 Å². The third-order valence-corrected chi connectivity index (χ3v) is 2.05. The minimum Gasteiger partial charge on any atom is -0.373 e. The maximum atomic E-state index is 11.7. The van der Waals surface area contributed by atoms with E-state index >= 15 is 0 Å². The highest BCUT2D eigenvalue weighted by Crippen LogP contribution is 2.15. The Balaban J connectivity index is 4.38. The first-order valence-corrected chi connectivity index (χ1v) is 5.05. The first-order valence-electron chi connectivity index (χ1n) is 4.25. The topological polar surface area (TPSA) is 9.23 Å². The number of ether oxygens (including phenoxy) is 1. The molecule has 0 spiro atoms. The van der Waals surface area contributed by atoms with Crippen LogP contribution in [0.1, 0.15) is 13.8 Å². The lowest BCUT2D eigenvalue weighted by Gasteiger charge is -2.03. The van der Waals surface area contributed by atoms with Gasteiger partial charge in [0.2, 0.25) is 0 Å². The highest BCUT2D eigenvalue weighted by molar-refractivity contribution is 9.11. The molecule has 0 aromatic heterocycles. The van der Waals surface area contributed by atoms with E-state index in [1.165, 1.54) is 0 Å². The lowest BCUT2D eigenvalue weighted by molar-refractivity contribution is 0.140. The monoisotopic (exact) mass is 260 g/mol. The molecule has 0 aliphatic rings. The molecule has 0 radical (unpaired) electrons. The molecule has 0 atom stereocenters. The molecule has 1 nitrogen and oxygen atoms in total. The molecule has 0 saturated carbocycles. The Hall–Kier alpha value is -0.590. The van der Waals surface area contributed by atoms with E-state index in [-0.39, 0.29) is 13.2 Å². The summed E-state index contributed by atoms with van der Waals surface area (Å²) in [6, 6.07) is 0. The third-order valence-electron chi connectivity index (χ3n) is 1.35. The Morgan fingerprint density at radius 2 is 2.21 bits per heavy atom. The molecule has 0 N–H and O–H groups in total. The van der Waals surface area contributed by atoms with Gasteiger partial charge in [0, 0.05) is 10.1 Å². The summed E-state index contributed by atoms with van der Waals surface area (Å²) in [6.45, 7) is 3.80. The van der Waals surface area contributed by atoms with E-state index in [0.717, 1.165) is 10.1 Å². The van der Waals surface area contributed by atoms with Crippen molar-refractivity contribution < 1.29 is 9.13 Å². The van der Waals surface area contributed by atoms with Crippen LogP contribution in [0.2, 0.25) is 0 Å². The van der Waals surface area contributed by atoms with Crippen LogP contribution in [0.4, 0.5) is 4.39 Å². The summed E-state index contributed by atoms with van der Waals surface area (Å²) in [5.74, 6) is 2.51. The fraction of sp³-hybridized carbons (Fsp3) is 0.455. The first-order chi connectivity index (χ1) is 6.61. The maximum absolute atomic E-state index is 11.7. The SMILES string of the molecule is C#C/C(COCCF)=C(/Br)C=C(C)C. The second-order valence-corrected chi connectivity index (χ2v) is 3.79. The van der Waals surface area contributed by atoms with E-state index in [2.05, 4.69) is 21.9 Å². The van der Waals surface area contributed by atoms with Crippen molar-refractivity contribution in [3.63, 3.8) is 0 Å². The van der Waals surface area contributed by atoms with Gasteiger partial charge in [-0.25, -0.2) is 4.39 Å². The van der Waals surface area contributed by atoms with E-state index in [4.69, 9.17) is 11.2 Å². The molecule has 0 aliphatic carbocycles. The maximum Gasteiger partial charge on any atom is 0.113 e. The molecule has 0 fully saturated rings. The molecule has 0 aliphatic heterocycles. The predicted octanol–water partition coefficient (Wildman–Crippen LogP) is 3.22. The fourth-order valence-electron chi connectivity index (χ4n) is 0.749. The Morgan fingerprint density at radius 3 is 2.64 bits per heavy atom. The first kappa shape index (κ1) is 13.4. The van der Waals surface area contributed by atoms with Crippen molar-refractivity contribution in [2.45, 2.75) is 13.8 Å². The summed E-state index contributed by atoms with van der Waals surface area (Å²) >= 11 is 3.34. The zero-order chi connectivity index (χ0) is 11.0. The second-order valence-electron chi connectivity index (χ2n) is 2.93. The Kier molecular flexibility index (Phi) is 7.45. The Labute approximate surface area is 93.2 Å². The number of halogens is 2. The normalized spacial score (nSPS) is 11.6. The summed E-state index contributed by atoms with van der Waals surface area (Å²) in [4.78, 5) is 0. The lowest BCUT2D eigenvalue weighted by atomic mass is 10.2. The van der Waals surface area contributed by atoms with Crippen LogP contribution >= 0.6 is 15.9 Å². The number of hydrogen-bond acceptors (Lipinski definition) is 1. The smallest absolute Gasteiger partial charge is 0.113 e. The van der Waals surface area contributed by atoms with Crippen molar-refractivity contribution in [1.82, 2.24) is 0 Å². The van der Waals surface area contributed by atoms with Crippen molar-refractivity contribution >= 4 is 15.9 Å². The molecule has 0 bridgehead atoms. The predicted molar refractivity (Wildman–Crippen MR) is 61.0 cm³/mol. The molecule has 0 aromatic rings. The molecule has 0 amide bonds. The molecule has 3 heteroatoms. The van der Waals surface area contributed by atoms with Gasteiger partial charge in [-0.3, -0.25) is 0 Å². The average molecular weight is 261 g/mol. The summed E-state index contributed by atoms with van der Waals surface area (Å²) in [5, 5.41) is 0. The minimum atomic E-state index is -0.488. The molecule has 0 rings (SSSR count). The minimum absolute atomic E-state index is 0.0836. The molecule has 0 aromatic carbocycles. The highest BCUT2D eigenvalue weighted by Gasteiger charge is 1.99. The zero-order valence-corrected chi connectivity index (χ0v) is 10.0. The molecular formula is C11H14BrFO. The van der Waals surface area contributed by atoms with Gasteiger partial charge in [-0.05, 0) is 35.9 Å². The van der Waals surface area contributed by atoms with Crippen molar-refractivity contribution in [2.75, 3.05) is 19.9 Å². The third kappa shape index (κ3) is 5.95. The number of terminal acetylenes is 1. The average Bonchev–Trinajstić information content (AvgIpc) is 2.11. The molecule has 0 heterocycles. The standard InChI is InChI=1S/C11H14BrFO/c1-4-10(8-14-6-5-13)11(12)7-9(2)3/h1,7H,5-6,8H2,2-3H3/b11-10-. The van der Waals surface area contributed by atoms with E-state index in [1.54, 1.807) is 0 Å². The Morgan fingerprint density at radius 1 is 1.57 bits per heavy atom. The van der Waals surface area contributed by atoms with Crippen LogP contribution < -0.4 is 0 Å². The largest absolute Gasteiger partial charge is 0.373 e. The van der Waals surface area contributed by atoms with Crippen LogP contribution in [-0.4, -0.2) is 19.9 Å². The van der Waals surface area contributed by atoms with Crippen LogP contribution in [0, 0.1) is 12.3 Å².